The quantitative estimate of drug-likeness (QED) is 0.554. The Balaban J connectivity index is 1.73. The van der Waals surface area contributed by atoms with Crippen LogP contribution in [-0.2, 0) is 14.3 Å². The maximum Gasteiger partial charge on any atom is 0.306 e. The van der Waals surface area contributed by atoms with E-state index in [-0.39, 0.29) is 25.2 Å². The number of esters is 1. The van der Waals surface area contributed by atoms with Gasteiger partial charge in [0.2, 0.25) is 0 Å². The van der Waals surface area contributed by atoms with Gasteiger partial charge in [0.05, 0.1) is 17.0 Å². The van der Waals surface area contributed by atoms with Crippen molar-refractivity contribution in [1.29, 1.82) is 0 Å². The molecule has 1 N–H and O–H groups in total. The molecule has 24 heavy (non-hydrogen) atoms. The van der Waals surface area contributed by atoms with Crippen molar-refractivity contribution in [2.75, 3.05) is 11.9 Å². The van der Waals surface area contributed by atoms with Crippen molar-refractivity contribution >= 4 is 50.6 Å². The summed E-state index contributed by atoms with van der Waals surface area (Å²) in [5, 5.41) is 4.46. The van der Waals surface area contributed by atoms with Gasteiger partial charge in [-0.1, -0.05) is 12.1 Å². The Morgan fingerprint density at radius 1 is 1.21 bits per heavy atom. The minimum Gasteiger partial charge on any atom is -0.456 e. The lowest BCUT2D eigenvalue weighted by Gasteiger charge is -2.08. The SMILES string of the molecule is Cc1ccc(NC(=O)COC(=O)CCC(=O)c2cccs2)c(Br)c1. The first-order chi connectivity index (χ1) is 11.5. The number of benzene rings is 1. The first-order valence-corrected chi connectivity index (χ1v) is 8.91. The number of rotatable bonds is 7. The third-order valence-corrected chi connectivity index (χ3v) is 4.68. The van der Waals surface area contributed by atoms with E-state index in [0.717, 1.165) is 10.0 Å². The van der Waals surface area contributed by atoms with Crippen LogP contribution in [0.1, 0.15) is 28.1 Å². The second kappa shape index (κ2) is 8.75. The zero-order valence-electron chi connectivity index (χ0n) is 13.0. The van der Waals surface area contributed by atoms with Gasteiger partial charge in [-0.25, -0.2) is 0 Å². The third kappa shape index (κ3) is 5.58. The van der Waals surface area contributed by atoms with Gasteiger partial charge in [-0.3, -0.25) is 14.4 Å². The topological polar surface area (TPSA) is 72.5 Å². The number of amides is 1. The third-order valence-electron chi connectivity index (χ3n) is 3.12. The summed E-state index contributed by atoms with van der Waals surface area (Å²) in [5.41, 5.74) is 1.66. The first-order valence-electron chi connectivity index (χ1n) is 7.24. The predicted octanol–water partition coefficient (Wildman–Crippen LogP) is 3.96. The summed E-state index contributed by atoms with van der Waals surface area (Å²) in [4.78, 5) is 35.8. The number of anilines is 1. The number of hydrogen-bond donors (Lipinski definition) is 1. The summed E-state index contributed by atoms with van der Waals surface area (Å²) in [5.74, 6) is -1.11. The fraction of sp³-hybridized carbons (Fsp3) is 0.235. The zero-order valence-corrected chi connectivity index (χ0v) is 15.4. The second-order valence-electron chi connectivity index (χ2n) is 5.09. The molecule has 5 nitrogen and oxygen atoms in total. The van der Waals surface area contributed by atoms with E-state index in [0.29, 0.717) is 10.6 Å². The van der Waals surface area contributed by atoms with Gasteiger partial charge in [-0.05, 0) is 52.0 Å². The van der Waals surface area contributed by atoms with E-state index in [1.54, 1.807) is 23.6 Å². The maximum absolute atomic E-state index is 11.8. The lowest BCUT2D eigenvalue weighted by atomic mass is 10.2. The molecule has 0 aliphatic heterocycles. The molecule has 0 aliphatic rings. The Morgan fingerprint density at radius 2 is 2.00 bits per heavy atom. The number of Topliss-reactive ketones (excluding diaryl/α,β-unsaturated/α-hetero) is 1. The van der Waals surface area contributed by atoms with Gasteiger partial charge in [0.25, 0.3) is 5.91 Å². The molecule has 1 amide bonds. The molecule has 126 valence electrons. The Labute approximate surface area is 152 Å². The molecule has 0 unspecified atom stereocenters. The van der Waals surface area contributed by atoms with E-state index in [4.69, 9.17) is 4.74 Å². The molecule has 2 aromatic rings. The van der Waals surface area contributed by atoms with Crippen LogP contribution in [0.3, 0.4) is 0 Å². The van der Waals surface area contributed by atoms with Gasteiger partial charge in [0, 0.05) is 10.9 Å². The standard InChI is InChI=1S/C17H16BrNO4S/c1-11-4-5-13(12(18)9-11)19-16(21)10-23-17(22)7-6-14(20)15-3-2-8-24-15/h2-5,8-9H,6-7,10H2,1H3,(H,19,21). The lowest BCUT2D eigenvalue weighted by Crippen LogP contribution is -2.21. The first kappa shape index (κ1) is 18.4. The molecular formula is C17H16BrNO4S. The van der Waals surface area contributed by atoms with Crippen LogP contribution in [0.4, 0.5) is 5.69 Å². The summed E-state index contributed by atoms with van der Waals surface area (Å²) in [6, 6.07) is 8.99. The van der Waals surface area contributed by atoms with Crippen LogP contribution in [0.15, 0.2) is 40.2 Å². The summed E-state index contributed by atoms with van der Waals surface area (Å²) in [6.45, 7) is 1.56. The van der Waals surface area contributed by atoms with Gasteiger partial charge in [-0.15, -0.1) is 11.3 Å². The summed E-state index contributed by atoms with van der Waals surface area (Å²) < 4.78 is 5.65. The average Bonchev–Trinajstić information content (AvgIpc) is 3.08. The number of ketones is 1. The van der Waals surface area contributed by atoms with Crippen LogP contribution in [0.5, 0.6) is 0 Å². The van der Waals surface area contributed by atoms with Gasteiger partial charge in [0.1, 0.15) is 0 Å². The smallest absolute Gasteiger partial charge is 0.306 e. The highest BCUT2D eigenvalue weighted by Crippen LogP contribution is 2.23. The Bertz CT molecular complexity index is 743. The number of aryl methyl sites for hydroxylation is 1. The summed E-state index contributed by atoms with van der Waals surface area (Å²) in [6.07, 6.45) is 0.0305. The summed E-state index contributed by atoms with van der Waals surface area (Å²) >= 11 is 4.69. The molecule has 0 bridgehead atoms. The van der Waals surface area contributed by atoms with Crippen molar-refractivity contribution in [2.24, 2.45) is 0 Å². The van der Waals surface area contributed by atoms with E-state index in [1.165, 1.54) is 11.3 Å². The molecule has 0 radical (unpaired) electrons. The van der Waals surface area contributed by atoms with Crippen molar-refractivity contribution in [3.63, 3.8) is 0 Å². The van der Waals surface area contributed by atoms with Crippen LogP contribution >= 0.6 is 27.3 Å². The number of carbonyl (C=O) groups excluding carboxylic acids is 3. The molecule has 0 saturated heterocycles. The van der Waals surface area contributed by atoms with Crippen molar-refractivity contribution < 1.29 is 19.1 Å². The van der Waals surface area contributed by atoms with Gasteiger partial charge >= 0.3 is 5.97 Å². The largest absolute Gasteiger partial charge is 0.456 e. The van der Waals surface area contributed by atoms with Crippen LogP contribution in [0, 0.1) is 6.92 Å². The van der Waals surface area contributed by atoms with E-state index < -0.39 is 11.9 Å². The second-order valence-corrected chi connectivity index (χ2v) is 6.89. The van der Waals surface area contributed by atoms with Gasteiger partial charge in [0.15, 0.2) is 12.4 Å². The van der Waals surface area contributed by atoms with Gasteiger partial charge < -0.3 is 10.1 Å². The van der Waals surface area contributed by atoms with Crippen molar-refractivity contribution in [3.8, 4) is 0 Å². The summed E-state index contributed by atoms with van der Waals surface area (Å²) in [7, 11) is 0. The Morgan fingerprint density at radius 3 is 2.67 bits per heavy atom. The molecule has 0 spiro atoms. The van der Waals surface area contributed by atoms with Crippen LogP contribution < -0.4 is 5.32 Å². The van der Waals surface area contributed by atoms with Gasteiger partial charge in [-0.2, -0.15) is 0 Å². The monoisotopic (exact) mass is 409 g/mol. The maximum atomic E-state index is 11.8. The number of thiophene rings is 1. The molecule has 0 fully saturated rings. The molecule has 0 atom stereocenters. The van der Waals surface area contributed by atoms with Crippen LogP contribution in [0.2, 0.25) is 0 Å². The minimum absolute atomic E-state index is 0.0434. The van der Waals surface area contributed by atoms with Crippen molar-refractivity contribution in [1.82, 2.24) is 0 Å². The minimum atomic E-state index is -0.571. The van der Waals surface area contributed by atoms with Crippen LogP contribution in [0.25, 0.3) is 0 Å². The molecule has 7 heteroatoms. The molecule has 2 rings (SSSR count). The normalized spacial score (nSPS) is 10.2. The highest BCUT2D eigenvalue weighted by atomic mass is 79.9. The van der Waals surface area contributed by atoms with E-state index in [1.807, 2.05) is 19.1 Å². The highest BCUT2D eigenvalue weighted by molar-refractivity contribution is 9.10. The fourth-order valence-corrected chi connectivity index (χ4v) is 3.19. The number of hydrogen-bond acceptors (Lipinski definition) is 5. The fourth-order valence-electron chi connectivity index (χ4n) is 1.90. The van der Waals surface area contributed by atoms with Crippen molar-refractivity contribution in [2.45, 2.75) is 19.8 Å². The number of carbonyl (C=O) groups is 3. The molecule has 1 heterocycles. The van der Waals surface area contributed by atoms with E-state index in [2.05, 4.69) is 21.2 Å². The number of ether oxygens (including phenoxy) is 1. The zero-order chi connectivity index (χ0) is 17.5. The van der Waals surface area contributed by atoms with Crippen LogP contribution in [-0.4, -0.2) is 24.3 Å². The molecular weight excluding hydrogens is 394 g/mol. The Hall–Kier alpha value is -1.99. The molecule has 0 aliphatic carbocycles. The number of nitrogens with one attached hydrogen (secondary N) is 1. The van der Waals surface area contributed by atoms with E-state index in [9.17, 15) is 14.4 Å². The Kier molecular flexibility index (Phi) is 6.69. The lowest BCUT2D eigenvalue weighted by molar-refractivity contribution is -0.147. The van der Waals surface area contributed by atoms with Crippen molar-refractivity contribution in [3.05, 3.63) is 50.6 Å². The van der Waals surface area contributed by atoms with E-state index >= 15 is 0 Å². The predicted molar refractivity (Wildman–Crippen MR) is 96.4 cm³/mol. The molecule has 1 aromatic carbocycles. The number of halogens is 1. The molecule has 1 aromatic heterocycles. The molecule has 0 saturated carbocycles. The highest BCUT2D eigenvalue weighted by Gasteiger charge is 2.13. The average molecular weight is 410 g/mol.